The molecule has 2 aliphatic rings. The molecule has 0 spiro atoms. The van der Waals surface area contributed by atoms with Crippen LogP contribution in [-0.2, 0) is 4.79 Å². The van der Waals surface area contributed by atoms with Crippen LogP contribution in [0.25, 0.3) is 0 Å². The number of nitrogens with one attached hydrogen (secondary N) is 1. The largest absolute Gasteiger partial charge is 0.508 e. The fourth-order valence-electron chi connectivity index (χ4n) is 3.24. The van der Waals surface area contributed by atoms with Crippen molar-refractivity contribution in [2.24, 2.45) is 5.92 Å². The molecule has 0 saturated carbocycles. The highest BCUT2D eigenvalue weighted by Crippen LogP contribution is 2.18. The summed E-state index contributed by atoms with van der Waals surface area (Å²) in [6, 6.07) is 6.29. The monoisotopic (exact) mass is 353 g/mol. The molecule has 2 amide bonds. The molecule has 0 radical (unpaired) electrons. The van der Waals surface area contributed by atoms with Crippen molar-refractivity contribution in [3.05, 3.63) is 29.8 Å². The van der Waals surface area contributed by atoms with Gasteiger partial charge in [-0.1, -0.05) is 0 Å². The van der Waals surface area contributed by atoms with Gasteiger partial charge in [0.25, 0.3) is 5.91 Å². The summed E-state index contributed by atoms with van der Waals surface area (Å²) in [6.45, 7) is 4.16. The van der Waals surface area contributed by atoms with Crippen LogP contribution in [0, 0.1) is 5.92 Å². The van der Waals surface area contributed by atoms with Gasteiger partial charge in [0.2, 0.25) is 5.91 Å². The maximum atomic E-state index is 12.5. The van der Waals surface area contributed by atoms with Crippen molar-refractivity contribution < 1.29 is 14.7 Å². The van der Waals surface area contributed by atoms with Gasteiger partial charge >= 0.3 is 0 Å². The maximum absolute atomic E-state index is 12.5. The normalized spacial score (nSPS) is 18.8. The first-order valence-corrected chi connectivity index (χ1v) is 8.23. The summed E-state index contributed by atoms with van der Waals surface area (Å²) in [5.41, 5.74) is 0.570. The van der Waals surface area contributed by atoms with Crippen molar-refractivity contribution >= 4 is 24.2 Å². The van der Waals surface area contributed by atoms with Crippen molar-refractivity contribution in [1.29, 1.82) is 0 Å². The molecule has 0 atom stereocenters. The summed E-state index contributed by atoms with van der Waals surface area (Å²) >= 11 is 0. The Labute approximate surface area is 148 Å². The van der Waals surface area contributed by atoms with Gasteiger partial charge in [0.05, 0.1) is 0 Å². The molecule has 0 aliphatic carbocycles. The topological polar surface area (TPSA) is 72.9 Å². The number of piperidine rings is 1. The van der Waals surface area contributed by atoms with E-state index in [1.807, 2.05) is 4.90 Å². The minimum atomic E-state index is -0.0426. The quantitative estimate of drug-likeness (QED) is 0.835. The third kappa shape index (κ3) is 4.19. The SMILES string of the molecule is Cl.O=C(c1ccc(O)cc1)N1CCN(C(=O)C2CCNCC2)CC1. The Kier molecular flexibility index (Phi) is 6.45. The van der Waals surface area contributed by atoms with E-state index < -0.39 is 0 Å². The lowest BCUT2D eigenvalue weighted by Gasteiger charge is -2.37. The summed E-state index contributed by atoms with van der Waals surface area (Å²) in [5.74, 6) is 0.483. The predicted octanol–water partition coefficient (Wildman–Crippen LogP) is 1.10. The highest BCUT2D eigenvalue weighted by atomic mass is 35.5. The first-order chi connectivity index (χ1) is 11.1. The van der Waals surface area contributed by atoms with E-state index in [1.165, 1.54) is 12.1 Å². The number of piperazine rings is 1. The Balaban J connectivity index is 0.00000208. The lowest BCUT2D eigenvalue weighted by molar-refractivity contribution is -0.137. The van der Waals surface area contributed by atoms with Gasteiger partial charge in [-0.25, -0.2) is 0 Å². The Morgan fingerprint density at radius 3 is 2.08 bits per heavy atom. The van der Waals surface area contributed by atoms with Gasteiger partial charge in [0.15, 0.2) is 0 Å². The van der Waals surface area contributed by atoms with Crippen LogP contribution in [-0.4, -0.2) is 66.0 Å². The first kappa shape index (κ1) is 18.5. The second kappa shape index (κ2) is 8.35. The zero-order valence-electron chi connectivity index (χ0n) is 13.6. The number of carbonyl (C=O) groups excluding carboxylic acids is 2. The number of amides is 2. The molecule has 6 nitrogen and oxygen atoms in total. The minimum absolute atomic E-state index is 0. The van der Waals surface area contributed by atoms with Gasteiger partial charge in [0.1, 0.15) is 5.75 Å². The molecule has 3 rings (SSSR count). The van der Waals surface area contributed by atoms with Crippen molar-refractivity contribution in [3.63, 3.8) is 0 Å². The molecule has 2 heterocycles. The second-order valence-electron chi connectivity index (χ2n) is 6.19. The van der Waals surface area contributed by atoms with Gasteiger partial charge in [-0.2, -0.15) is 0 Å². The number of hydrogen-bond acceptors (Lipinski definition) is 4. The third-order valence-corrected chi connectivity index (χ3v) is 4.68. The van der Waals surface area contributed by atoms with E-state index in [4.69, 9.17) is 0 Å². The molecular weight excluding hydrogens is 330 g/mol. The second-order valence-corrected chi connectivity index (χ2v) is 6.19. The molecule has 0 unspecified atom stereocenters. The van der Waals surface area contributed by atoms with Gasteiger partial charge in [-0.05, 0) is 50.2 Å². The van der Waals surface area contributed by atoms with Crippen LogP contribution in [0.2, 0.25) is 0 Å². The van der Waals surface area contributed by atoms with Gasteiger partial charge in [-0.3, -0.25) is 9.59 Å². The number of aromatic hydroxyl groups is 1. The molecule has 0 bridgehead atoms. The number of hydrogen-bond donors (Lipinski definition) is 2. The standard InChI is InChI=1S/C17H23N3O3.ClH/c21-15-3-1-13(2-4-15)16(22)19-9-11-20(12-10-19)17(23)14-5-7-18-8-6-14;/h1-4,14,18,21H,5-12H2;1H. The average molecular weight is 354 g/mol. The summed E-state index contributed by atoms with van der Waals surface area (Å²) in [5, 5.41) is 12.6. The average Bonchev–Trinajstić information content (AvgIpc) is 2.62. The number of benzene rings is 1. The van der Waals surface area contributed by atoms with E-state index in [9.17, 15) is 14.7 Å². The number of phenolic OH excluding ortho intramolecular Hbond substituents is 1. The summed E-state index contributed by atoms with van der Waals surface area (Å²) in [4.78, 5) is 28.6. The summed E-state index contributed by atoms with van der Waals surface area (Å²) < 4.78 is 0. The molecule has 2 fully saturated rings. The van der Waals surface area contributed by atoms with Gasteiger partial charge < -0.3 is 20.2 Å². The molecule has 0 aromatic heterocycles. The highest BCUT2D eigenvalue weighted by Gasteiger charge is 2.29. The van der Waals surface area contributed by atoms with Gasteiger partial charge in [-0.15, -0.1) is 12.4 Å². The lowest BCUT2D eigenvalue weighted by Crippen LogP contribution is -2.52. The molecule has 2 N–H and O–H groups in total. The van der Waals surface area contributed by atoms with Crippen LogP contribution in [0.4, 0.5) is 0 Å². The van der Waals surface area contributed by atoms with Crippen LogP contribution in [0.15, 0.2) is 24.3 Å². The fraction of sp³-hybridized carbons (Fsp3) is 0.529. The Bertz CT molecular complexity index is 565. The van der Waals surface area contributed by atoms with Crippen LogP contribution in [0.1, 0.15) is 23.2 Å². The Hall–Kier alpha value is -1.79. The van der Waals surface area contributed by atoms with Crippen molar-refractivity contribution in [2.45, 2.75) is 12.8 Å². The summed E-state index contributed by atoms with van der Waals surface area (Å²) in [7, 11) is 0. The van der Waals surface area contributed by atoms with E-state index in [-0.39, 0.29) is 35.9 Å². The minimum Gasteiger partial charge on any atom is -0.508 e. The molecule has 2 aliphatic heterocycles. The van der Waals surface area contributed by atoms with Gasteiger partial charge in [0, 0.05) is 37.7 Å². The molecule has 2 saturated heterocycles. The molecule has 7 heteroatoms. The Morgan fingerprint density at radius 2 is 1.50 bits per heavy atom. The lowest BCUT2D eigenvalue weighted by atomic mass is 9.96. The van der Waals surface area contributed by atoms with E-state index in [1.54, 1.807) is 17.0 Å². The number of phenols is 1. The number of carbonyl (C=O) groups is 2. The number of nitrogens with zero attached hydrogens (tertiary/aromatic N) is 2. The maximum Gasteiger partial charge on any atom is 0.253 e. The zero-order valence-corrected chi connectivity index (χ0v) is 14.4. The number of rotatable bonds is 2. The molecule has 1 aromatic carbocycles. The van der Waals surface area contributed by atoms with E-state index >= 15 is 0 Å². The predicted molar refractivity (Wildman–Crippen MR) is 93.4 cm³/mol. The van der Waals surface area contributed by atoms with E-state index in [0.717, 1.165) is 25.9 Å². The first-order valence-electron chi connectivity index (χ1n) is 8.23. The van der Waals surface area contributed by atoms with Crippen molar-refractivity contribution in [3.8, 4) is 5.75 Å². The van der Waals surface area contributed by atoms with Crippen LogP contribution in [0.3, 0.4) is 0 Å². The van der Waals surface area contributed by atoms with Crippen molar-refractivity contribution in [2.75, 3.05) is 39.3 Å². The van der Waals surface area contributed by atoms with Crippen LogP contribution >= 0.6 is 12.4 Å². The van der Waals surface area contributed by atoms with Crippen molar-refractivity contribution in [1.82, 2.24) is 15.1 Å². The molecule has 24 heavy (non-hydrogen) atoms. The van der Waals surface area contributed by atoms with Crippen LogP contribution in [0.5, 0.6) is 5.75 Å². The molecule has 1 aromatic rings. The zero-order chi connectivity index (χ0) is 16.2. The fourth-order valence-corrected chi connectivity index (χ4v) is 3.24. The molecule has 132 valence electrons. The Morgan fingerprint density at radius 1 is 0.958 bits per heavy atom. The van der Waals surface area contributed by atoms with E-state index in [2.05, 4.69) is 5.32 Å². The van der Waals surface area contributed by atoms with Crippen LogP contribution < -0.4 is 5.32 Å². The number of halogens is 1. The smallest absolute Gasteiger partial charge is 0.253 e. The van der Waals surface area contributed by atoms with E-state index in [0.29, 0.717) is 31.7 Å². The summed E-state index contributed by atoms with van der Waals surface area (Å²) in [6.07, 6.45) is 1.82. The molecular formula is C17H24ClN3O3. The highest BCUT2D eigenvalue weighted by molar-refractivity contribution is 5.94. The third-order valence-electron chi connectivity index (χ3n) is 4.68.